The Labute approximate surface area is 138 Å². The van der Waals surface area contributed by atoms with E-state index in [-0.39, 0.29) is 0 Å². The van der Waals surface area contributed by atoms with Gasteiger partial charge >= 0.3 is 0 Å². The number of aliphatic imine (C=N–C) groups is 1. The number of nitrogens with zero attached hydrogens (tertiary/aromatic N) is 1. The lowest BCUT2D eigenvalue weighted by molar-refractivity contribution is 0.361. The Morgan fingerprint density at radius 1 is 1.29 bits per heavy atom. The third-order valence-electron chi connectivity index (χ3n) is 2.84. The lowest BCUT2D eigenvalue weighted by Crippen LogP contribution is -1.94. The van der Waals surface area contributed by atoms with Gasteiger partial charge in [0.15, 0.2) is 0 Å². The van der Waals surface area contributed by atoms with E-state index in [1.807, 2.05) is 43.3 Å². The van der Waals surface area contributed by atoms with Crippen LogP contribution in [-0.4, -0.2) is 12.8 Å². The second kappa shape index (κ2) is 7.43. The van der Waals surface area contributed by atoms with Crippen LogP contribution in [0.25, 0.3) is 0 Å². The molecule has 0 heterocycles. The molecule has 0 aliphatic rings. The van der Waals surface area contributed by atoms with E-state index in [1.54, 1.807) is 12.3 Å². The van der Waals surface area contributed by atoms with E-state index in [9.17, 15) is 0 Å². The van der Waals surface area contributed by atoms with Crippen molar-refractivity contribution in [1.29, 1.82) is 0 Å². The van der Waals surface area contributed by atoms with Crippen molar-refractivity contribution < 1.29 is 4.74 Å². The Morgan fingerprint density at radius 3 is 2.81 bits per heavy atom. The molecule has 0 unspecified atom stereocenters. The molecule has 0 aromatic heterocycles. The summed E-state index contributed by atoms with van der Waals surface area (Å²) < 4.78 is 6.40. The average Bonchev–Trinajstić information content (AvgIpc) is 2.47. The Bertz CT molecular complexity index is 682. The van der Waals surface area contributed by atoms with Crippen molar-refractivity contribution >= 4 is 39.4 Å². The Hall–Kier alpha value is -1.58. The Balaban J connectivity index is 2.19. The summed E-state index contributed by atoms with van der Waals surface area (Å²) in [7, 11) is 0. The first-order valence-electron chi connectivity index (χ1n) is 6.43. The van der Waals surface area contributed by atoms with Gasteiger partial charge in [0, 0.05) is 11.2 Å². The van der Waals surface area contributed by atoms with Crippen molar-refractivity contribution in [2.45, 2.75) is 6.92 Å². The highest BCUT2D eigenvalue weighted by Crippen LogP contribution is 2.26. The van der Waals surface area contributed by atoms with E-state index in [1.165, 1.54) is 0 Å². The maximum Gasteiger partial charge on any atom is 0.133 e. The van der Waals surface area contributed by atoms with Crippen molar-refractivity contribution in [3.63, 3.8) is 0 Å². The van der Waals surface area contributed by atoms with Gasteiger partial charge in [-0.2, -0.15) is 0 Å². The van der Waals surface area contributed by atoms with Gasteiger partial charge in [0.25, 0.3) is 0 Å². The first-order chi connectivity index (χ1) is 10.1. The van der Waals surface area contributed by atoms with E-state index in [4.69, 9.17) is 16.3 Å². The zero-order valence-electron chi connectivity index (χ0n) is 11.6. The zero-order chi connectivity index (χ0) is 15.2. The first kappa shape index (κ1) is 15.8. The normalized spacial score (nSPS) is 10.8. The van der Waals surface area contributed by atoms with Crippen molar-refractivity contribution in [2.75, 3.05) is 6.61 Å². The molecule has 21 heavy (non-hydrogen) atoms. The number of benzene rings is 2. The molecule has 0 aliphatic carbocycles. The van der Waals surface area contributed by atoms with E-state index in [0.29, 0.717) is 11.6 Å². The van der Waals surface area contributed by atoms with E-state index >= 15 is 0 Å². The molecule has 0 bridgehead atoms. The molecule has 0 amide bonds. The largest absolute Gasteiger partial charge is 0.488 e. The SMILES string of the molecule is C=CCOc1ccc(C=Nc2cc(Cl)ccc2C)cc1Br. The number of hydrogen-bond donors (Lipinski definition) is 0. The van der Waals surface area contributed by atoms with Crippen LogP contribution < -0.4 is 4.74 Å². The molecule has 2 aromatic rings. The minimum Gasteiger partial charge on any atom is -0.488 e. The fourth-order valence-corrected chi connectivity index (χ4v) is 2.41. The van der Waals surface area contributed by atoms with E-state index < -0.39 is 0 Å². The molecule has 0 fully saturated rings. The molecule has 4 heteroatoms. The van der Waals surface area contributed by atoms with Crippen LogP contribution in [0.4, 0.5) is 5.69 Å². The van der Waals surface area contributed by atoms with Gasteiger partial charge in [0.2, 0.25) is 0 Å². The summed E-state index contributed by atoms with van der Waals surface area (Å²) in [4.78, 5) is 4.48. The van der Waals surface area contributed by atoms with Crippen LogP contribution in [0.2, 0.25) is 5.02 Å². The predicted molar refractivity (Wildman–Crippen MR) is 93.3 cm³/mol. The molecule has 2 aromatic carbocycles. The average molecular weight is 365 g/mol. The third kappa shape index (κ3) is 4.45. The highest BCUT2D eigenvalue weighted by molar-refractivity contribution is 9.10. The highest BCUT2D eigenvalue weighted by Gasteiger charge is 2.01. The van der Waals surface area contributed by atoms with Crippen molar-refractivity contribution in [2.24, 2.45) is 4.99 Å². The van der Waals surface area contributed by atoms with Crippen LogP contribution in [0, 0.1) is 6.92 Å². The minimum atomic E-state index is 0.480. The summed E-state index contributed by atoms with van der Waals surface area (Å²) in [5, 5.41) is 0.683. The summed E-state index contributed by atoms with van der Waals surface area (Å²) in [6.45, 7) is 6.11. The molecule has 2 nitrogen and oxygen atoms in total. The molecule has 0 saturated heterocycles. The quantitative estimate of drug-likeness (QED) is 0.490. The van der Waals surface area contributed by atoms with Crippen LogP contribution in [0.1, 0.15) is 11.1 Å². The summed E-state index contributed by atoms with van der Waals surface area (Å²) >= 11 is 9.47. The topological polar surface area (TPSA) is 21.6 Å². The molecule has 108 valence electrons. The second-order valence-electron chi connectivity index (χ2n) is 4.48. The highest BCUT2D eigenvalue weighted by atomic mass is 79.9. The van der Waals surface area contributed by atoms with Gasteiger partial charge in [-0.3, -0.25) is 4.99 Å². The van der Waals surface area contributed by atoms with Crippen LogP contribution in [0.15, 0.2) is 58.5 Å². The van der Waals surface area contributed by atoms with E-state index in [0.717, 1.165) is 27.0 Å². The Morgan fingerprint density at radius 2 is 2.10 bits per heavy atom. The fraction of sp³-hybridized carbons (Fsp3) is 0.118. The van der Waals surface area contributed by atoms with Gasteiger partial charge in [-0.1, -0.05) is 30.3 Å². The molecule has 0 aliphatic heterocycles. The van der Waals surface area contributed by atoms with Gasteiger partial charge in [-0.25, -0.2) is 0 Å². The van der Waals surface area contributed by atoms with Crippen molar-refractivity contribution in [3.05, 3.63) is 69.7 Å². The number of rotatable bonds is 5. The van der Waals surface area contributed by atoms with Gasteiger partial charge in [-0.15, -0.1) is 0 Å². The monoisotopic (exact) mass is 363 g/mol. The smallest absolute Gasteiger partial charge is 0.133 e. The molecule has 0 radical (unpaired) electrons. The van der Waals surface area contributed by atoms with Crippen molar-refractivity contribution in [3.8, 4) is 5.75 Å². The molecule has 0 saturated carbocycles. The van der Waals surface area contributed by atoms with Gasteiger partial charge < -0.3 is 4.74 Å². The van der Waals surface area contributed by atoms with Gasteiger partial charge in [-0.05, 0) is 64.3 Å². The van der Waals surface area contributed by atoms with Crippen LogP contribution in [0.3, 0.4) is 0 Å². The van der Waals surface area contributed by atoms with Gasteiger partial charge in [0.1, 0.15) is 12.4 Å². The number of ether oxygens (including phenoxy) is 1. The maximum atomic E-state index is 5.99. The number of hydrogen-bond acceptors (Lipinski definition) is 2. The number of aryl methyl sites for hydroxylation is 1. The first-order valence-corrected chi connectivity index (χ1v) is 7.60. The summed E-state index contributed by atoms with van der Waals surface area (Å²) in [5.74, 6) is 0.783. The molecule has 0 N–H and O–H groups in total. The van der Waals surface area contributed by atoms with Gasteiger partial charge in [0.05, 0.1) is 10.2 Å². The predicted octanol–water partition coefficient (Wildman–Crippen LogP) is 5.73. The molecular formula is C17H15BrClNO. The third-order valence-corrected chi connectivity index (χ3v) is 3.69. The minimum absolute atomic E-state index is 0.480. The lowest BCUT2D eigenvalue weighted by Gasteiger charge is -2.06. The molecule has 0 spiro atoms. The van der Waals surface area contributed by atoms with E-state index in [2.05, 4.69) is 27.5 Å². The Kier molecular flexibility index (Phi) is 5.59. The standard InChI is InChI=1S/C17H15BrClNO/c1-3-8-21-17-7-5-13(9-15(17)18)11-20-16-10-14(19)6-4-12(16)2/h3-7,9-11H,1,8H2,2H3. The summed E-state index contributed by atoms with van der Waals surface area (Å²) in [5.41, 5.74) is 2.93. The molecular weight excluding hydrogens is 350 g/mol. The molecule has 2 rings (SSSR count). The summed E-state index contributed by atoms with van der Waals surface area (Å²) in [6.07, 6.45) is 3.52. The fourth-order valence-electron chi connectivity index (χ4n) is 1.73. The summed E-state index contributed by atoms with van der Waals surface area (Å²) in [6, 6.07) is 11.5. The van der Waals surface area contributed by atoms with Crippen molar-refractivity contribution in [1.82, 2.24) is 0 Å². The zero-order valence-corrected chi connectivity index (χ0v) is 14.0. The lowest BCUT2D eigenvalue weighted by atomic mass is 10.2. The molecule has 0 atom stereocenters. The van der Waals surface area contributed by atoms with Crippen LogP contribution in [-0.2, 0) is 0 Å². The number of halogens is 2. The maximum absolute atomic E-state index is 5.99. The van der Waals surface area contributed by atoms with Crippen LogP contribution >= 0.6 is 27.5 Å². The van der Waals surface area contributed by atoms with Crippen LogP contribution in [0.5, 0.6) is 5.75 Å². The second-order valence-corrected chi connectivity index (χ2v) is 5.77.